The van der Waals surface area contributed by atoms with Crippen LogP contribution < -0.4 is 5.32 Å². The van der Waals surface area contributed by atoms with Crippen molar-refractivity contribution in [2.75, 3.05) is 0 Å². The normalized spacial score (nSPS) is 16.5. The molecule has 62 valence electrons. The van der Waals surface area contributed by atoms with E-state index in [0.29, 0.717) is 11.5 Å². The Morgan fingerprint density at radius 1 is 1.31 bits per heavy atom. The fourth-order valence-electron chi connectivity index (χ4n) is 1.38. The van der Waals surface area contributed by atoms with E-state index in [1.165, 1.54) is 6.08 Å². The van der Waals surface area contributed by atoms with Gasteiger partial charge in [-0.3, -0.25) is 5.41 Å². The molecule has 0 bridgehead atoms. The number of amidine groups is 1. The Bertz CT molecular complexity index is 438. The van der Waals surface area contributed by atoms with Gasteiger partial charge in [0.15, 0.2) is 0 Å². The summed E-state index contributed by atoms with van der Waals surface area (Å²) in [5.74, 6) is 0.358. The van der Waals surface area contributed by atoms with E-state index in [-0.39, 0.29) is 0 Å². The Balaban J connectivity index is 2.61. The molecule has 0 fully saturated rings. The van der Waals surface area contributed by atoms with Crippen molar-refractivity contribution >= 4 is 11.5 Å². The Kier molecular flexibility index (Phi) is 1.60. The summed E-state index contributed by atoms with van der Waals surface area (Å²) < 4.78 is 0. The van der Waals surface area contributed by atoms with E-state index in [9.17, 15) is 0 Å². The van der Waals surface area contributed by atoms with E-state index in [4.69, 9.17) is 10.7 Å². The van der Waals surface area contributed by atoms with Gasteiger partial charge in [0.25, 0.3) is 0 Å². The lowest BCUT2D eigenvalue weighted by molar-refractivity contribution is 1.30. The quantitative estimate of drug-likeness (QED) is 0.578. The van der Waals surface area contributed by atoms with E-state index in [0.717, 1.165) is 11.1 Å². The van der Waals surface area contributed by atoms with E-state index >= 15 is 0 Å². The second kappa shape index (κ2) is 2.76. The van der Waals surface area contributed by atoms with Crippen LogP contribution in [0.4, 0.5) is 0 Å². The molecule has 0 aromatic heterocycles. The second-order valence-corrected chi connectivity index (χ2v) is 2.73. The van der Waals surface area contributed by atoms with E-state index in [1.54, 1.807) is 0 Å². The number of hydrogen-bond donors (Lipinski definition) is 2. The summed E-state index contributed by atoms with van der Waals surface area (Å²) in [7, 11) is 0. The maximum atomic E-state index is 8.50. The molecule has 0 unspecified atom stereocenters. The lowest BCUT2D eigenvalue weighted by Gasteiger charge is -1.94. The first kappa shape index (κ1) is 7.56. The van der Waals surface area contributed by atoms with Gasteiger partial charge in [0.05, 0.1) is 11.8 Å². The Morgan fingerprint density at radius 2 is 2.00 bits per heavy atom. The molecule has 1 aromatic rings. The first-order chi connectivity index (χ1) is 6.33. The summed E-state index contributed by atoms with van der Waals surface area (Å²) >= 11 is 0. The van der Waals surface area contributed by atoms with Crippen molar-refractivity contribution in [1.82, 2.24) is 5.32 Å². The number of hydrogen-bond acceptors (Lipinski definition) is 2. The molecular weight excluding hydrogens is 162 g/mol. The van der Waals surface area contributed by atoms with Gasteiger partial charge in [-0.1, -0.05) is 24.3 Å². The van der Waals surface area contributed by atoms with Crippen molar-refractivity contribution in [2.45, 2.75) is 0 Å². The molecule has 2 N–H and O–H groups in total. The maximum absolute atomic E-state index is 8.50. The average Bonchev–Trinajstić information content (AvgIpc) is 2.46. The van der Waals surface area contributed by atoms with Gasteiger partial charge >= 0.3 is 0 Å². The van der Waals surface area contributed by atoms with Gasteiger partial charge in [-0.2, -0.15) is 5.26 Å². The van der Waals surface area contributed by atoms with Crippen LogP contribution in [0.15, 0.2) is 30.3 Å². The third kappa shape index (κ3) is 1.09. The van der Waals surface area contributed by atoms with Crippen LogP contribution in [0.3, 0.4) is 0 Å². The van der Waals surface area contributed by atoms with Crippen LogP contribution in [0.25, 0.3) is 5.70 Å². The summed E-state index contributed by atoms with van der Waals surface area (Å²) in [4.78, 5) is 0. The van der Waals surface area contributed by atoms with Crippen molar-refractivity contribution in [3.63, 3.8) is 0 Å². The van der Waals surface area contributed by atoms with Crippen LogP contribution in [0, 0.1) is 16.7 Å². The van der Waals surface area contributed by atoms with Crippen molar-refractivity contribution in [3.05, 3.63) is 41.5 Å². The Morgan fingerprint density at radius 3 is 2.69 bits per heavy atom. The number of fused-ring (bicyclic) bond motifs is 1. The third-order valence-electron chi connectivity index (χ3n) is 1.96. The number of nitrogens with zero attached hydrogens (tertiary/aromatic N) is 1. The third-order valence-corrected chi connectivity index (χ3v) is 1.96. The Labute approximate surface area is 75.8 Å². The highest BCUT2D eigenvalue weighted by Gasteiger charge is 2.19. The minimum Gasteiger partial charge on any atom is -0.339 e. The van der Waals surface area contributed by atoms with Gasteiger partial charge in [0, 0.05) is 17.2 Å². The molecule has 1 aliphatic heterocycles. The summed E-state index contributed by atoms with van der Waals surface area (Å²) in [6.07, 6.45) is 1.42. The van der Waals surface area contributed by atoms with Gasteiger partial charge < -0.3 is 5.32 Å². The fraction of sp³-hybridized carbons (Fsp3) is 0. The molecule has 1 aliphatic rings. The lowest BCUT2D eigenvalue weighted by atomic mass is 10.1. The van der Waals surface area contributed by atoms with Gasteiger partial charge in [-0.15, -0.1) is 0 Å². The zero-order valence-electron chi connectivity index (χ0n) is 6.83. The SMILES string of the molecule is N#CC=C1NC(=N)c2ccccc21. The summed E-state index contributed by atoms with van der Waals surface area (Å²) in [5.41, 5.74) is 2.49. The molecule has 1 heterocycles. The van der Waals surface area contributed by atoms with Crippen LogP contribution in [-0.4, -0.2) is 5.84 Å². The Hall–Kier alpha value is -2.08. The van der Waals surface area contributed by atoms with Crippen molar-refractivity contribution in [3.8, 4) is 6.07 Å². The number of nitrogens with one attached hydrogen (secondary N) is 2. The van der Waals surface area contributed by atoms with Crippen molar-refractivity contribution < 1.29 is 0 Å². The number of allylic oxidation sites excluding steroid dienone is 1. The summed E-state index contributed by atoms with van der Waals surface area (Å²) in [6, 6.07) is 9.48. The van der Waals surface area contributed by atoms with Crippen molar-refractivity contribution in [1.29, 1.82) is 10.7 Å². The monoisotopic (exact) mass is 169 g/mol. The summed E-state index contributed by atoms with van der Waals surface area (Å²) in [5, 5.41) is 18.9. The molecular formula is C10H7N3. The molecule has 3 heteroatoms. The molecule has 0 aliphatic carbocycles. The average molecular weight is 169 g/mol. The predicted molar refractivity (Wildman–Crippen MR) is 50.0 cm³/mol. The van der Waals surface area contributed by atoms with Crippen LogP contribution in [0.5, 0.6) is 0 Å². The highest BCUT2D eigenvalue weighted by molar-refractivity contribution is 6.10. The standard InChI is InChI=1S/C10H7N3/c11-6-5-9-7-3-1-2-4-8(7)10(12)13-9/h1-5H,(H2,12,13). The van der Waals surface area contributed by atoms with Crippen molar-refractivity contribution in [2.24, 2.45) is 0 Å². The molecule has 0 radical (unpaired) electrons. The molecule has 0 spiro atoms. The van der Waals surface area contributed by atoms with Gasteiger partial charge in [0.1, 0.15) is 5.84 Å². The van der Waals surface area contributed by atoms with E-state index in [1.807, 2.05) is 30.3 Å². The topological polar surface area (TPSA) is 59.7 Å². The molecule has 0 atom stereocenters. The number of rotatable bonds is 0. The van der Waals surface area contributed by atoms with Gasteiger partial charge in [-0.05, 0) is 0 Å². The lowest BCUT2D eigenvalue weighted by Crippen LogP contribution is -2.11. The minimum absolute atomic E-state index is 0.358. The second-order valence-electron chi connectivity index (χ2n) is 2.73. The first-order valence-corrected chi connectivity index (χ1v) is 3.88. The molecule has 0 amide bonds. The van der Waals surface area contributed by atoms with Gasteiger partial charge in [0.2, 0.25) is 0 Å². The predicted octanol–water partition coefficient (Wildman–Crippen LogP) is 1.48. The highest BCUT2D eigenvalue weighted by atomic mass is 15.0. The maximum Gasteiger partial charge on any atom is 0.130 e. The largest absolute Gasteiger partial charge is 0.339 e. The van der Waals surface area contributed by atoms with Crippen LogP contribution in [0.1, 0.15) is 11.1 Å². The summed E-state index contributed by atoms with van der Waals surface area (Å²) in [6.45, 7) is 0. The molecule has 0 saturated carbocycles. The zero-order valence-corrected chi connectivity index (χ0v) is 6.83. The highest BCUT2D eigenvalue weighted by Crippen LogP contribution is 2.23. The molecule has 3 nitrogen and oxygen atoms in total. The fourth-order valence-corrected chi connectivity index (χ4v) is 1.38. The smallest absolute Gasteiger partial charge is 0.130 e. The van der Waals surface area contributed by atoms with E-state index < -0.39 is 0 Å². The first-order valence-electron chi connectivity index (χ1n) is 3.88. The van der Waals surface area contributed by atoms with Gasteiger partial charge in [-0.25, -0.2) is 0 Å². The molecule has 13 heavy (non-hydrogen) atoms. The zero-order chi connectivity index (χ0) is 9.26. The van der Waals surface area contributed by atoms with E-state index in [2.05, 4.69) is 5.32 Å². The van der Waals surface area contributed by atoms with Crippen LogP contribution in [0.2, 0.25) is 0 Å². The number of nitriles is 1. The molecule has 0 saturated heterocycles. The van der Waals surface area contributed by atoms with Crippen LogP contribution >= 0.6 is 0 Å². The number of benzene rings is 1. The molecule has 2 rings (SSSR count). The molecule has 1 aromatic carbocycles. The minimum atomic E-state index is 0.358. The van der Waals surface area contributed by atoms with Crippen LogP contribution in [-0.2, 0) is 0 Å².